The zero-order chi connectivity index (χ0) is 15.9. The van der Waals surface area contributed by atoms with Crippen molar-refractivity contribution in [3.63, 3.8) is 0 Å². The third-order valence-electron chi connectivity index (χ3n) is 3.35. The standard InChI is InChI=1S/C14H14ClN5O2/c1-7-3-4-10(9(15)5-7)17-13(22)11-6-12(21)18-14-16-8(2)19-20(11)14/h3-5,11H,6H2,1-2H3,(H,17,22)(H,16,18,19,21)/t11-/m1/s1. The summed E-state index contributed by atoms with van der Waals surface area (Å²) in [6.07, 6.45) is 0.00507. The lowest BCUT2D eigenvalue weighted by Crippen LogP contribution is -2.36. The first-order chi connectivity index (χ1) is 10.4. The molecule has 0 unspecified atom stereocenters. The summed E-state index contributed by atoms with van der Waals surface area (Å²) in [4.78, 5) is 28.3. The molecular formula is C14H14ClN5O2. The van der Waals surface area contributed by atoms with E-state index in [1.54, 1.807) is 19.1 Å². The average Bonchev–Trinajstić information content (AvgIpc) is 2.80. The molecule has 0 radical (unpaired) electrons. The van der Waals surface area contributed by atoms with Crippen LogP contribution in [0.4, 0.5) is 11.6 Å². The molecule has 7 nitrogen and oxygen atoms in total. The Hall–Kier alpha value is -2.41. The van der Waals surface area contributed by atoms with E-state index in [1.807, 2.05) is 13.0 Å². The van der Waals surface area contributed by atoms with Crippen molar-refractivity contribution in [2.45, 2.75) is 26.3 Å². The van der Waals surface area contributed by atoms with Gasteiger partial charge >= 0.3 is 0 Å². The molecule has 1 aromatic heterocycles. The molecule has 1 atom stereocenters. The quantitative estimate of drug-likeness (QED) is 0.886. The predicted molar refractivity (Wildman–Crippen MR) is 81.9 cm³/mol. The van der Waals surface area contributed by atoms with Crippen molar-refractivity contribution in [3.05, 3.63) is 34.6 Å². The van der Waals surface area contributed by atoms with Gasteiger partial charge in [-0.3, -0.25) is 14.9 Å². The molecule has 2 amide bonds. The molecule has 0 spiro atoms. The number of anilines is 2. The first-order valence-corrected chi connectivity index (χ1v) is 7.12. The van der Waals surface area contributed by atoms with Crippen LogP contribution < -0.4 is 10.6 Å². The number of amides is 2. The fourth-order valence-electron chi connectivity index (χ4n) is 2.31. The Labute approximate surface area is 131 Å². The number of aryl methyl sites for hydroxylation is 2. The minimum absolute atomic E-state index is 0.00507. The molecule has 0 saturated carbocycles. The number of carbonyl (C=O) groups is 2. The van der Waals surface area contributed by atoms with Gasteiger partial charge in [-0.05, 0) is 31.5 Å². The van der Waals surface area contributed by atoms with Gasteiger partial charge in [0.25, 0.3) is 0 Å². The molecule has 1 aliphatic heterocycles. The van der Waals surface area contributed by atoms with E-state index in [2.05, 4.69) is 20.7 Å². The van der Waals surface area contributed by atoms with Crippen LogP contribution in [0.5, 0.6) is 0 Å². The van der Waals surface area contributed by atoms with E-state index in [4.69, 9.17) is 11.6 Å². The average molecular weight is 320 g/mol. The van der Waals surface area contributed by atoms with Gasteiger partial charge in [0.15, 0.2) is 0 Å². The van der Waals surface area contributed by atoms with E-state index in [0.29, 0.717) is 16.5 Å². The molecule has 3 rings (SSSR count). The van der Waals surface area contributed by atoms with E-state index in [-0.39, 0.29) is 24.2 Å². The van der Waals surface area contributed by atoms with Crippen molar-refractivity contribution in [2.24, 2.45) is 0 Å². The van der Waals surface area contributed by atoms with Crippen LogP contribution in [0.3, 0.4) is 0 Å². The third-order valence-corrected chi connectivity index (χ3v) is 3.66. The molecule has 0 fully saturated rings. The number of nitrogens with one attached hydrogen (secondary N) is 2. The lowest BCUT2D eigenvalue weighted by molar-refractivity contribution is -0.125. The minimum atomic E-state index is -0.748. The Morgan fingerprint density at radius 1 is 1.45 bits per heavy atom. The Kier molecular flexibility index (Phi) is 3.58. The first-order valence-electron chi connectivity index (χ1n) is 6.74. The number of rotatable bonds is 2. The summed E-state index contributed by atoms with van der Waals surface area (Å²) in [7, 11) is 0. The molecule has 2 aromatic rings. The second kappa shape index (κ2) is 5.42. The van der Waals surface area contributed by atoms with Gasteiger partial charge in [-0.2, -0.15) is 10.1 Å². The van der Waals surface area contributed by atoms with Gasteiger partial charge < -0.3 is 5.32 Å². The van der Waals surface area contributed by atoms with Crippen molar-refractivity contribution in [3.8, 4) is 0 Å². The summed E-state index contributed by atoms with van der Waals surface area (Å²) in [5.74, 6) is 0.147. The van der Waals surface area contributed by atoms with Gasteiger partial charge in [0.05, 0.1) is 17.1 Å². The lowest BCUT2D eigenvalue weighted by atomic mass is 10.1. The molecule has 0 saturated heterocycles. The fourth-order valence-corrected chi connectivity index (χ4v) is 2.59. The molecule has 1 aromatic carbocycles. The van der Waals surface area contributed by atoms with Gasteiger partial charge in [-0.1, -0.05) is 17.7 Å². The van der Waals surface area contributed by atoms with Crippen LogP contribution >= 0.6 is 11.6 Å². The molecule has 2 N–H and O–H groups in total. The van der Waals surface area contributed by atoms with Crippen LogP contribution in [0.1, 0.15) is 23.9 Å². The Morgan fingerprint density at radius 3 is 2.95 bits per heavy atom. The number of nitrogens with zero attached hydrogens (tertiary/aromatic N) is 3. The molecule has 1 aliphatic rings. The number of hydrogen-bond donors (Lipinski definition) is 2. The second-order valence-electron chi connectivity index (χ2n) is 5.17. The van der Waals surface area contributed by atoms with E-state index in [9.17, 15) is 9.59 Å². The second-order valence-corrected chi connectivity index (χ2v) is 5.58. The van der Waals surface area contributed by atoms with E-state index >= 15 is 0 Å². The number of aromatic nitrogens is 3. The Bertz CT molecular complexity index is 771. The maximum atomic E-state index is 12.5. The number of benzene rings is 1. The molecule has 2 heterocycles. The van der Waals surface area contributed by atoms with E-state index in [0.717, 1.165) is 5.56 Å². The molecule has 8 heteroatoms. The number of hydrogen-bond acceptors (Lipinski definition) is 4. The molecule has 114 valence electrons. The minimum Gasteiger partial charge on any atom is -0.323 e. The molecule has 0 aliphatic carbocycles. The third kappa shape index (κ3) is 2.67. The largest absolute Gasteiger partial charge is 0.323 e. The van der Waals surface area contributed by atoms with Crippen molar-refractivity contribution in [1.82, 2.24) is 14.8 Å². The molecular weight excluding hydrogens is 306 g/mol. The predicted octanol–water partition coefficient (Wildman–Crippen LogP) is 2.07. The van der Waals surface area contributed by atoms with Crippen LogP contribution in [-0.4, -0.2) is 26.6 Å². The smallest absolute Gasteiger partial charge is 0.249 e. The Balaban J connectivity index is 1.87. The Morgan fingerprint density at radius 2 is 2.23 bits per heavy atom. The van der Waals surface area contributed by atoms with Crippen molar-refractivity contribution in [1.29, 1.82) is 0 Å². The van der Waals surface area contributed by atoms with Gasteiger partial charge in [0.1, 0.15) is 11.9 Å². The fraction of sp³-hybridized carbons (Fsp3) is 0.286. The maximum absolute atomic E-state index is 12.5. The number of carbonyl (C=O) groups excluding carboxylic acids is 2. The van der Waals surface area contributed by atoms with Crippen LogP contribution in [0, 0.1) is 13.8 Å². The van der Waals surface area contributed by atoms with Crippen molar-refractivity contribution >= 4 is 35.1 Å². The van der Waals surface area contributed by atoms with Crippen molar-refractivity contribution in [2.75, 3.05) is 10.6 Å². The van der Waals surface area contributed by atoms with Crippen LogP contribution in [0.2, 0.25) is 5.02 Å². The van der Waals surface area contributed by atoms with E-state index < -0.39 is 6.04 Å². The van der Waals surface area contributed by atoms with Gasteiger partial charge in [0.2, 0.25) is 17.8 Å². The zero-order valence-corrected chi connectivity index (χ0v) is 12.8. The number of halogens is 1. The molecule has 0 bridgehead atoms. The van der Waals surface area contributed by atoms with Gasteiger partial charge in [0, 0.05) is 0 Å². The topological polar surface area (TPSA) is 88.9 Å². The first kappa shape index (κ1) is 14.5. The zero-order valence-electron chi connectivity index (χ0n) is 12.1. The summed E-state index contributed by atoms with van der Waals surface area (Å²) in [5, 5.41) is 9.94. The maximum Gasteiger partial charge on any atom is 0.249 e. The van der Waals surface area contributed by atoms with E-state index in [1.165, 1.54) is 4.68 Å². The number of fused-ring (bicyclic) bond motifs is 1. The van der Waals surface area contributed by atoms with Crippen LogP contribution in [0.15, 0.2) is 18.2 Å². The summed E-state index contributed by atoms with van der Waals surface area (Å²) < 4.78 is 1.42. The summed E-state index contributed by atoms with van der Waals surface area (Å²) in [6.45, 7) is 3.61. The highest BCUT2D eigenvalue weighted by molar-refractivity contribution is 6.33. The van der Waals surface area contributed by atoms with Crippen LogP contribution in [-0.2, 0) is 9.59 Å². The summed E-state index contributed by atoms with van der Waals surface area (Å²) >= 11 is 6.12. The summed E-state index contributed by atoms with van der Waals surface area (Å²) in [5.41, 5.74) is 1.50. The SMILES string of the molecule is Cc1ccc(NC(=O)[C@H]2CC(=O)Nc3nc(C)nn32)c(Cl)c1. The van der Waals surface area contributed by atoms with Crippen LogP contribution in [0.25, 0.3) is 0 Å². The summed E-state index contributed by atoms with van der Waals surface area (Å²) in [6, 6.07) is 4.59. The normalized spacial score (nSPS) is 16.9. The van der Waals surface area contributed by atoms with Gasteiger partial charge in [-0.15, -0.1) is 0 Å². The highest BCUT2D eigenvalue weighted by Crippen LogP contribution is 2.27. The highest BCUT2D eigenvalue weighted by atomic mass is 35.5. The van der Waals surface area contributed by atoms with Gasteiger partial charge in [-0.25, -0.2) is 4.68 Å². The van der Waals surface area contributed by atoms with Crippen molar-refractivity contribution < 1.29 is 9.59 Å². The molecule has 22 heavy (non-hydrogen) atoms. The highest BCUT2D eigenvalue weighted by Gasteiger charge is 2.32. The lowest BCUT2D eigenvalue weighted by Gasteiger charge is -2.22. The monoisotopic (exact) mass is 319 g/mol.